The van der Waals surface area contributed by atoms with Gasteiger partial charge in [-0.25, -0.2) is 14.8 Å². The number of carboxylic acid groups (broad SMARTS) is 1. The van der Waals surface area contributed by atoms with Crippen molar-refractivity contribution in [3.8, 4) is 56.8 Å². The van der Waals surface area contributed by atoms with Crippen molar-refractivity contribution in [3.63, 3.8) is 0 Å². The maximum absolute atomic E-state index is 16.3. The van der Waals surface area contributed by atoms with Crippen molar-refractivity contribution in [1.29, 1.82) is 0 Å². The maximum atomic E-state index is 16.3. The summed E-state index contributed by atoms with van der Waals surface area (Å²) in [6.45, 7) is 5.38. The molecule has 0 aliphatic carbocycles. The second kappa shape index (κ2) is 60.8. The van der Waals surface area contributed by atoms with E-state index in [4.69, 9.17) is 125 Å². The average Bonchev–Trinajstić information content (AvgIpc) is 1.58. The average molecular weight is 1960 g/mol. The molecule has 2 amide bonds. The summed E-state index contributed by atoms with van der Waals surface area (Å²) in [4.78, 5) is 90.0. The van der Waals surface area contributed by atoms with E-state index in [0.717, 1.165) is 0 Å². The van der Waals surface area contributed by atoms with Crippen LogP contribution < -0.4 is 38.4 Å². The van der Waals surface area contributed by atoms with Crippen LogP contribution in [0.2, 0.25) is 0 Å². The van der Waals surface area contributed by atoms with Crippen molar-refractivity contribution >= 4 is 51.4 Å². The van der Waals surface area contributed by atoms with Crippen LogP contribution >= 0.6 is 0 Å². The topological polar surface area (TPSA) is 471 Å². The molecule has 2 aliphatic rings. The molecule has 4 heterocycles. The number of hydrogen-bond acceptors (Lipinski definition) is 33. The summed E-state index contributed by atoms with van der Waals surface area (Å²) < 4.78 is 105. The Morgan fingerprint density at radius 1 is 0.268 bits per heavy atom. The van der Waals surface area contributed by atoms with E-state index in [-0.39, 0.29) is 310 Å². The number of aliphatic hydroxyl groups excluding tert-OH is 6. The zero-order valence-corrected chi connectivity index (χ0v) is 80.7. The molecule has 38 nitrogen and oxygen atoms in total. The Kier molecular flexibility index (Phi) is 47.7. The normalized spacial score (nSPS) is 11.8. The van der Waals surface area contributed by atoms with Crippen LogP contribution in [0.4, 0.5) is 0 Å². The third-order valence-electron chi connectivity index (χ3n) is 20.0. The number of carboxylic acids is 1. The number of hydrogen-bond donors (Lipinski definition) is 7. The van der Waals surface area contributed by atoms with Gasteiger partial charge in [0.05, 0.1) is 239 Å². The standard InChI is InChI=1S/C99H120N10O28.Zn/c1-108(2)97(116)95-105-93-87(74-16-28-81(29-17-74)136-66-60-130-54-48-124-42-36-114)85(72-12-24-79(25-13-72)134-64-58-128-52-46-122-40-34-112)91(103-93)101-89-83(70-8-20-77(21-9-70)132-62-56-126-50-44-120-38-32-110)84(71-10-22-78(23-11-71)133-63-57-127-51-45-121-39-33-111)90(100-89)102-92-86(73-14-26-80(27-15-73)135-65-59-129-53-47-123-41-35-113)88(75-18-30-82(31-19-75)137-67-61-131-55-49-125-43-37-115)94(104-92)106-96(107-95)98(117)109(3)68-69-4-6-76(7-5-69)99(118)119;/h4-31,110-115H,32-68H2,1-3H3,(H3,100,101,102,103,104,105,106,107,116,117,118,119);/q;+2/p-2. The zero-order valence-electron chi connectivity index (χ0n) is 77.7. The number of fused-ring (bicyclic) bond motifs is 6. The number of aromatic carboxylic acids is 1. The molecule has 7 N–H and O–H groups in total. The number of aliphatic hydroxyl groups is 6. The van der Waals surface area contributed by atoms with Crippen LogP contribution in [0.5, 0.6) is 34.5 Å². The summed E-state index contributed by atoms with van der Waals surface area (Å²) in [5, 5.41) is 65.5. The van der Waals surface area contributed by atoms with Gasteiger partial charge in [-0.05, 0) is 124 Å². The molecule has 11 rings (SSSR count). The number of ether oxygens (including phenoxy) is 18. The van der Waals surface area contributed by atoms with E-state index in [1.54, 1.807) is 109 Å². The summed E-state index contributed by atoms with van der Waals surface area (Å²) >= 11 is 0. The molecule has 734 valence electrons. The minimum absolute atomic E-state index is 0. The molecule has 0 unspecified atom stereocenters. The first-order chi connectivity index (χ1) is 67.2. The van der Waals surface area contributed by atoms with E-state index < -0.39 is 29.4 Å². The molecule has 0 saturated heterocycles. The number of benzene rings is 7. The van der Waals surface area contributed by atoms with E-state index in [9.17, 15) is 40.5 Å². The van der Waals surface area contributed by atoms with Crippen LogP contribution in [0.3, 0.4) is 0 Å². The van der Waals surface area contributed by atoms with Crippen LogP contribution in [0.1, 0.15) is 82.7 Å². The van der Waals surface area contributed by atoms with Crippen LogP contribution in [0, 0.1) is 0 Å². The summed E-state index contributed by atoms with van der Waals surface area (Å²) in [5.74, 6) is -1.66. The Labute approximate surface area is 812 Å². The predicted octanol–water partition coefficient (Wildman–Crippen LogP) is 7.01. The van der Waals surface area contributed by atoms with Crippen LogP contribution in [0.15, 0.2) is 170 Å². The summed E-state index contributed by atoms with van der Waals surface area (Å²) in [5.41, 5.74) is 5.67. The maximum Gasteiger partial charge on any atom is 2.00 e. The summed E-state index contributed by atoms with van der Waals surface area (Å²) in [7, 11) is 4.48. The Morgan fingerprint density at radius 2 is 0.493 bits per heavy atom. The van der Waals surface area contributed by atoms with Crippen LogP contribution in [-0.4, -0.2) is 352 Å². The van der Waals surface area contributed by atoms with Gasteiger partial charge in [0.15, 0.2) is 0 Å². The number of nitrogens with zero attached hydrogens (tertiary/aromatic N) is 10. The molecule has 0 saturated carbocycles. The van der Waals surface area contributed by atoms with E-state index in [1.807, 2.05) is 48.5 Å². The van der Waals surface area contributed by atoms with Gasteiger partial charge < -0.3 is 161 Å². The Morgan fingerprint density at radius 3 is 0.732 bits per heavy atom. The first-order valence-corrected chi connectivity index (χ1v) is 44.9. The number of carbonyl (C=O) groups excluding carboxylic acids is 2. The minimum atomic E-state index is -1.16. The van der Waals surface area contributed by atoms with Gasteiger partial charge in [0, 0.05) is 72.4 Å². The molecule has 7 aromatic carbocycles. The molecule has 6 bridgehead atoms. The fraction of sp³-hybridized carbons (Fsp3) is 0.404. The molecule has 9 aromatic rings. The van der Waals surface area contributed by atoms with Gasteiger partial charge in [-0.2, -0.15) is 0 Å². The Balaban J connectivity index is 0.0000196. The van der Waals surface area contributed by atoms with Gasteiger partial charge in [-0.15, -0.1) is 0 Å². The van der Waals surface area contributed by atoms with Crippen molar-refractivity contribution in [2.24, 2.45) is 0 Å². The van der Waals surface area contributed by atoms with Crippen molar-refractivity contribution in [1.82, 2.24) is 49.7 Å². The SMILES string of the molecule is CN(C)C(=O)c1nc2nc(nc3[n-]c(nc4nc(nc(C(=O)N(C)Cc5ccc(C(=O)O)cc5)[n-]1)C(c1ccc(OCCOCCOCCO)cc1)=C4c1ccc(OCCOCCOCCO)cc1)c(-c1ccc(OCCOCCOCCO)cc1)c3-c1ccc(OCCOCCOCCO)cc1)C(c1ccc(OCCOCCOCCO)cc1)=C2c1ccc(OCCOCCOCCO)cc1.[Zn+2]. The van der Waals surface area contributed by atoms with Crippen molar-refractivity contribution in [3.05, 3.63) is 238 Å². The van der Waals surface area contributed by atoms with E-state index in [2.05, 4.69) is 0 Å². The van der Waals surface area contributed by atoms with Crippen LogP contribution in [0.25, 0.3) is 55.8 Å². The number of aromatic nitrogens is 8. The van der Waals surface area contributed by atoms with Crippen molar-refractivity contribution in [2.45, 2.75) is 6.54 Å². The number of carbonyl (C=O) groups is 3. The zero-order chi connectivity index (χ0) is 96.4. The Bertz CT molecular complexity index is 5430. The third kappa shape index (κ3) is 34.4. The number of amides is 2. The predicted molar refractivity (Wildman–Crippen MR) is 501 cm³/mol. The first kappa shape index (κ1) is 108. The third-order valence-corrected chi connectivity index (χ3v) is 20.0. The van der Waals surface area contributed by atoms with Gasteiger partial charge in [0.2, 0.25) is 0 Å². The van der Waals surface area contributed by atoms with E-state index in [0.29, 0.717) is 101 Å². The smallest absolute Gasteiger partial charge is 0.491 e. The summed E-state index contributed by atoms with van der Waals surface area (Å²) in [6.07, 6.45) is 0. The molecular formula is C99H118N10O28Zn. The quantitative estimate of drug-likeness (QED) is 0.0149. The second-order valence-electron chi connectivity index (χ2n) is 30.0. The molecular weight excluding hydrogens is 1840 g/mol. The monoisotopic (exact) mass is 1960 g/mol. The largest absolute Gasteiger partial charge is 2.00 e. The second-order valence-corrected chi connectivity index (χ2v) is 30.0. The van der Waals surface area contributed by atoms with Gasteiger partial charge >= 0.3 is 25.4 Å². The molecule has 138 heavy (non-hydrogen) atoms. The minimum Gasteiger partial charge on any atom is -0.491 e. The van der Waals surface area contributed by atoms with Gasteiger partial charge in [-0.3, -0.25) is 9.59 Å². The van der Waals surface area contributed by atoms with Gasteiger partial charge in [0.1, 0.15) is 74.1 Å². The summed E-state index contributed by atoms with van der Waals surface area (Å²) in [6, 6.07) is 49.0. The number of rotatable bonds is 65. The van der Waals surface area contributed by atoms with Gasteiger partial charge in [0.25, 0.3) is 11.8 Å². The van der Waals surface area contributed by atoms with E-state index >= 15 is 9.59 Å². The van der Waals surface area contributed by atoms with Crippen LogP contribution in [-0.2, 0) is 82.9 Å². The molecule has 0 spiro atoms. The first-order valence-electron chi connectivity index (χ1n) is 44.9. The molecule has 2 aliphatic heterocycles. The fourth-order valence-corrected chi connectivity index (χ4v) is 13.6. The molecule has 2 aromatic heterocycles. The van der Waals surface area contributed by atoms with E-state index in [1.165, 1.54) is 43.1 Å². The Hall–Kier alpha value is -11.8. The molecule has 0 atom stereocenters. The van der Waals surface area contributed by atoms with Crippen molar-refractivity contribution < 1.29 is 155 Å². The van der Waals surface area contributed by atoms with Crippen molar-refractivity contribution in [2.75, 3.05) is 259 Å². The molecule has 0 radical (unpaired) electrons. The molecule has 39 heteroatoms. The molecule has 0 fully saturated rings. The fourth-order valence-electron chi connectivity index (χ4n) is 13.6. The van der Waals surface area contributed by atoms with Gasteiger partial charge in [-0.1, -0.05) is 84.9 Å².